The molecule has 0 spiro atoms. The molecule has 2 atom stereocenters. The van der Waals surface area contributed by atoms with Gasteiger partial charge >= 0.3 is 0 Å². The van der Waals surface area contributed by atoms with Crippen molar-refractivity contribution in [3.05, 3.63) is 13.8 Å². The Hall–Kier alpha value is -0.440. The van der Waals surface area contributed by atoms with Gasteiger partial charge in [-0.05, 0) is 31.1 Å². The maximum atomic E-state index is 3.91. The molecule has 0 rings (SSSR count). The third kappa shape index (κ3) is 17.9. The Labute approximate surface area is 154 Å². The SMILES string of the molecule is [CH2]CCCCCCC(C)CCCCC#CCCCC(C)CCC[CH2]. The Morgan fingerprint density at radius 3 is 1.62 bits per heavy atom. The van der Waals surface area contributed by atoms with Crippen LogP contribution in [0.5, 0.6) is 0 Å². The van der Waals surface area contributed by atoms with Gasteiger partial charge in [0.1, 0.15) is 0 Å². The molecule has 0 fully saturated rings. The fourth-order valence-electron chi connectivity index (χ4n) is 3.23. The van der Waals surface area contributed by atoms with E-state index in [2.05, 4.69) is 39.5 Å². The van der Waals surface area contributed by atoms with Gasteiger partial charge in [-0.1, -0.05) is 98.3 Å². The molecule has 0 bridgehead atoms. The van der Waals surface area contributed by atoms with Gasteiger partial charge in [0, 0.05) is 12.8 Å². The minimum absolute atomic E-state index is 0.855. The highest BCUT2D eigenvalue weighted by Crippen LogP contribution is 2.17. The van der Waals surface area contributed by atoms with Gasteiger partial charge in [-0.15, -0.1) is 11.8 Å². The summed E-state index contributed by atoms with van der Waals surface area (Å²) in [7, 11) is 0. The van der Waals surface area contributed by atoms with Crippen molar-refractivity contribution in [2.75, 3.05) is 0 Å². The van der Waals surface area contributed by atoms with E-state index in [1.807, 2.05) is 0 Å². The van der Waals surface area contributed by atoms with E-state index < -0.39 is 0 Å². The van der Waals surface area contributed by atoms with Crippen molar-refractivity contribution in [3.8, 4) is 11.8 Å². The van der Waals surface area contributed by atoms with Crippen LogP contribution in [0.3, 0.4) is 0 Å². The first kappa shape index (κ1) is 23.6. The third-order valence-corrected chi connectivity index (χ3v) is 5.02. The summed E-state index contributed by atoms with van der Waals surface area (Å²) in [5.74, 6) is 8.50. The Kier molecular flexibility index (Phi) is 18.5. The van der Waals surface area contributed by atoms with Gasteiger partial charge in [0.05, 0.1) is 0 Å². The van der Waals surface area contributed by atoms with Gasteiger partial charge in [-0.3, -0.25) is 0 Å². The maximum absolute atomic E-state index is 3.91. The first-order valence-corrected chi connectivity index (χ1v) is 10.7. The molecule has 0 aliphatic rings. The lowest BCUT2D eigenvalue weighted by atomic mass is 9.96. The molecule has 0 saturated carbocycles. The van der Waals surface area contributed by atoms with Gasteiger partial charge in [0.15, 0.2) is 0 Å². The zero-order valence-electron chi connectivity index (χ0n) is 16.9. The zero-order valence-corrected chi connectivity index (χ0v) is 16.9. The number of hydrogen-bond donors (Lipinski definition) is 0. The van der Waals surface area contributed by atoms with Crippen LogP contribution < -0.4 is 0 Å². The van der Waals surface area contributed by atoms with Gasteiger partial charge in [0.25, 0.3) is 0 Å². The summed E-state index contributed by atoms with van der Waals surface area (Å²) in [6.45, 7) is 12.6. The number of hydrogen-bond acceptors (Lipinski definition) is 0. The molecule has 24 heavy (non-hydrogen) atoms. The van der Waals surface area contributed by atoms with Crippen LogP contribution in [0.4, 0.5) is 0 Å². The Morgan fingerprint density at radius 2 is 1.00 bits per heavy atom. The van der Waals surface area contributed by atoms with Crippen molar-refractivity contribution in [1.82, 2.24) is 0 Å². The van der Waals surface area contributed by atoms with Crippen molar-refractivity contribution >= 4 is 0 Å². The van der Waals surface area contributed by atoms with Crippen molar-refractivity contribution in [3.63, 3.8) is 0 Å². The van der Waals surface area contributed by atoms with Crippen LogP contribution in [0, 0.1) is 37.5 Å². The Morgan fingerprint density at radius 1 is 0.542 bits per heavy atom. The summed E-state index contributed by atoms with van der Waals surface area (Å²) >= 11 is 0. The van der Waals surface area contributed by atoms with Crippen LogP contribution in [0.2, 0.25) is 0 Å². The van der Waals surface area contributed by atoms with E-state index in [9.17, 15) is 0 Å². The molecule has 0 amide bonds. The van der Waals surface area contributed by atoms with Gasteiger partial charge in [0.2, 0.25) is 0 Å². The van der Waals surface area contributed by atoms with Crippen molar-refractivity contribution < 1.29 is 0 Å². The molecule has 0 aromatic heterocycles. The van der Waals surface area contributed by atoms with Crippen LogP contribution >= 0.6 is 0 Å². The summed E-state index contributed by atoms with van der Waals surface area (Å²) in [6, 6.07) is 0. The molecule has 0 aromatic carbocycles. The van der Waals surface area contributed by atoms with E-state index in [1.165, 1.54) is 77.0 Å². The smallest absolute Gasteiger partial charge is 0.00887 e. The zero-order chi connectivity index (χ0) is 17.9. The summed E-state index contributed by atoms with van der Waals surface area (Å²) in [6.07, 6.45) is 20.6. The quantitative estimate of drug-likeness (QED) is 0.197. The third-order valence-electron chi connectivity index (χ3n) is 5.02. The second-order valence-electron chi connectivity index (χ2n) is 7.75. The Balaban J connectivity index is 3.34. The molecule has 2 radical (unpaired) electrons. The predicted molar refractivity (Wildman–Crippen MR) is 111 cm³/mol. The molecule has 0 saturated heterocycles. The molecule has 0 aliphatic carbocycles. The number of rotatable bonds is 16. The fourth-order valence-corrected chi connectivity index (χ4v) is 3.23. The van der Waals surface area contributed by atoms with Crippen LogP contribution in [-0.4, -0.2) is 0 Å². The van der Waals surface area contributed by atoms with E-state index in [0.717, 1.165) is 37.5 Å². The van der Waals surface area contributed by atoms with Gasteiger partial charge in [-0.25, -0.2) is 0 Å². The summed E-state index contributed by atoms with van der Waals surface area (Å²) in [5.41, 5.74) is 0. The highest BCUT2D eigenvalue weighted by atomic mass is 14.1. The van der Waals surface area contributed by atoms with E-state index in [0.29, 0.717) is 0 Å². The van der Waals surface area contributed by atoms with Crippen LogP contribution in [0.1, 0.15) is 117 Å². The van der Waals surface area contributed by atoms with Crippen molar-refractivity contribution in [2.45, 2.75) is 117 Å². The van der Waals surface area contributed by atoms with E-state index in [-0.39, 0.29) is 0 Å². The summed E-state index contributed by atoms with van der Waals surface area (Å²) in [5, 5.41) is 0. The van der Waals surface area contributed by atoms with E-state index in [1.54, 1.807) is 0 Å². The highest BCUT2D eigenvalue weighted by molar-refractivity contribution is 4.98. The fraction of sp³-hybridized carbons (Fsp3) is 0.833. The lowest BCUT2D eigenvalue weighted by molar-refractivity contribution is 0.441. The molecular weight excluding hydrogens is 288 g/mol. The minimum Gasteiger partial charge on any atom is -0.103 e. The van der Waals surface area contributed by atoms with Crippen LogP contribution in [0.25, 0.3) is 0 Å². The normalized spacial score (nSPS) is 13.3. The standard InChI is InChI=1S/C24H44/c1-5-7-9-13-16-21-24(4)22-18-15-12-10-11-14-17-20-23(3)19-8-6-2/h23-24H,1-2,5-9,12-22H2,3-4H3. The molecule has 0 aliphatic heterocycles. The summed E-state index contributed by atoms with van der Waals surface area (Å²) in [4.78, 5) is 0. The van der Waals surface area contributed by atoms with E-state index >= 15 is 0 Å². The maximum Gasteiger partial charge on any atom is 0.00887 e. The summed E-state index contributed by atoms with van der Waals surface area (Å²) < 4.78 is 0. The number of unbranched alkanes of at least 4 members (excludes halogenated alkanes) is 8. The molecule has 2 unspecified atom stereocenters. The molecule has 0 aromatic rings. The second kappa shape index (κ2) is 18.9. The molecule has 140 valence electrons. The highest BCUT2D eigenvalue weighted by Gasteiger charge is 2.02. The van der Waals surface area contributed by atoms with Crippen molar-refractivity contribution in [1.29, 1.82) is 0 Å². The molecule has 0 N–H and O–H groups in total. The molecular formula is C24H44. The predicted octanol–water partition coefficient (Wildman–Crippen LogP) is 8.17. The average molecular weight is 333 g/mol. The van der Waals surface area contributed by atoms with Crippen LogP contribution in [0.15, 0.2) is 0 Å². The largest absolute Gasteiger partial charge is 0.103 e. The van der Waals surface area contributed by atoms with Gasteiger partial charge < -0.3 is 0 Å². The molecule has 0 heterocycles. The first-order chi connectivity index (χ1) is 11.7. The lowest BCUT2D eigenvalue weighted by Gasteiger charge is -2.10. The lowest BCUT2D eigenvalue weighted by Crippen LogP contribution is -1.95. The van der Waals surface area contributed by atoms with Crippen molar-refractivity contribution in [2.24, 2.45) is 11.8 Å². The molecule has 0 heteroatoms. The monoisotopic (exact) mass is 332 g/mol. The average Bonchev–Trinajstić information content (AvgIpc) is 2.58. The molecule has 0 nitrogen and oxygen atoms in total. The van der Waals surface area contributed by atoms with Crippen LogP contribution in [-0.2, 0) is 0 Å². The first-order valence-electron chi connectivity index (χ1n) is 10.7. The van der Waals surface area contributed by atoms with Gasteiger partial charge in [-0.2, -0.15) is 0 Å². The minimum atomic E-state index is 0.855. The Bertz CT molecular complexity index is 293. The topological polar surface area (TPSA) is 0 Å². The second-order valence-corrected chi connectivity index (χ2v) is 7.75. The van der Waals surface area contributed by atoms with E-state index in [4.69, 9.17) is 0 Å².